The number of carbonyl (C=O) groups is 5. The van der Waals surface area contributed by atoms with Gasteiger partial charge in [-0.1, -0.05) is 71.1 Å². The molecule has 424 valence electrons. The topological polar surface area (TPSA) is 212 Å². The van der Waals surface area contributed by atoms with Crippen molar-refractivity contribution in [2.45, 2.75) is 186 Å². The molecule has 2 N–H and O–H groups in total. The summed E-state index contributed by atoms with van der Waals surface area (Å²) in [7, 11) is 4.56. The number of piperidine rings is 1. The van der Waals surface area contributed by atoms with Crippen LogP contribution in [0.1, 0.15) is 126 Å². The van der Waals surface area contributed by atoms with Crippen LogP contribution >= 0.6 is 0 Å². The standard InChI is InChI=1S/C58H91NO16/c1-36-16-12-11-13-17-37(2)49(73-27-25-70-24-26-72-45-34-71-35-45)32-44-21-19-42(7)58(66,75-44)55(63)56(64)59-23-15-14-18-46(59)57(65)74-50(39(4)30-43-20-22-47(60)51(31-43)67-8)33-48(61)38(3)29-41(6)53(68-9)54(69-10)52(62)40(5)28-36/h11-13,16-17,29,36,38-40,42-47,49-51,53-54,60,66H,14-15,18-28,30-35H2,1-10H3/b13-11+,16-12+,37-17+,41-29+/t36-,38-,39-,40-,42-,43+,44+,46+,47-,49?,50+,51-,53-,54+,58-/m1/s1. The molecule has 4 fully saturated rings. The molecule has 1 aliphatic carbocycles. The van der Waals surface area contributed by atoms with E-state index in [1.807, 2.05) is 58.1 Å². The lowest BCUT2D eigenvalue weighted by molar-refractivity contribution is -0.266. The van der Waals surface area contributed by atoms with Gasteiger partial charge in [0.05, 0.1) is 64.1 Å². The van der Waals surface area contributed by atoms with E-state index in [1.54, 1.807) is 34.0 Å². The van der Waals surface area contributed by atoms with Gasteiger partial charge < -0.3 is 57.7 Å². The fourth-order valence-electron chi connectivity index (χ4n) is 11.3. The molecule has 17 heteroatoms. The van der Waals surface area contributed by atoms with E-state index in [0.717, 1.165) is 12.0 Å². The Bertz CT molecular complexity index is 1980. The number of methoxy groups -OCH3 is 3. The maximum atomic E-state index is 14.6. The van der Waals surface area contributed by atoms with E-state index in [4.69, 9.17) is 42.6 Å². The molecule has 0 aromatic carbocycles. The molecule has 1 amide bonds. The number of aliphatic hydroxyl groups excluding tert-OH is 1. The zero-order valence-corrected chi connectivity index (χ0v) is 46.6. The maximum absolute atomic E-state index is 14.6. The smallest absolute Gasteiger partial charge is 0.329 e. The minimum absolute atomic E-state index is 0.0292. The summed E-state index contributed by atoms with van der Waals surface area (Å²) in [6.07, 6.45) is 12.1. The van der Waals surface area contributed by atoms with Crippen LogP contribution in [0.15, 0.2) is 47.6 Å². The number of Topliss-reactive ketones (excluding diaryl/α,β-unsaturated/α-hetero) is 3. The second-order valence-corrected chi connectivity index (χ2v) is 22.1. The minimum Gasteiger partial charge on any atom is -0.460 e. The Labute approximate surface area is 446 Å². The van der Waals surface area contributed by atoms with Crippen molar-refractivity contribution in [3.63, 3.8) is 0 Å². The molecule has 1 saturated carbocycles. The van der Waals surface area contributed by atoms with Crippen LogP contribution in [0.4, 0.5) is 0 Å². The predicted octanol–water partition coefficient (Wildman–Crippen LogP) is 6.64. The molecule has 1 unspecified atom stereocenters. The first kappa shape index (κ1) is 62.4. The number of allylic oxidation sites excluding steroid dienone is 6. The summed E-state index contributed by atoms with van der Waals surface area (Å²) in [4.78, 5) is 73.1. The van der Waals surface area contributed by atoms with Gasteiger partial charge in [0, 0.05) is 58.5 Å². The Balaban J connectivity index is 1.45. The molecule has 0 aromatic rings. The minimum atomic E-state index is -2.47. The van der Waals surface area contributed by atoms with Crippen molar-refractivity contribution in [3.05, 3.63) is 47.6 Å². The van der Waals surface area contributed by atoms with Gasteiger partial charge in [0.1, 0.15) is 36.2 Å². The second-order valence-electron chi connectivity index (χ2n) is 22.1. The summed E-state index contributed by atoms with van der Waals surface area (Å²) >= 11 is 0. The van der Waals surface area contributed by atoms with E-state index in [1.165, 1.54) is 19.1 Å². The van der Waals surface area contributed by atoms with Crippen molar-refractivity contribution >= 4 is 29.2 Å². The molecule has 4 heterocycles. The molecule has 5 rings (SSSR count). The van der Waals surface area contributed by atoms with Gasteiger partial charge in [0.15, 0.2) is 5.78 Å². The Hall–Kier alpha value is -3.49. The third-order valence-corrected chi connectivity index (χ3v) is 16.2. The van der Waals surface area contributed by atoms with Crippen molar-refractivity contribution in [2.24, 2.45) is 35.5 Å². The van der Waals surface area contributed by atoms with Gasteiger partial charge in [-0.3, -0.25) is 19.2 Å². The van der Waals surface area contributed by atoms with Crippen LogP contribution in [0.3, 0.4) is 0 Å². The van der Waals surface area contributed by atoms with Crippen LogP contribution in [0.25, 0.3) is 0 Å². The molecule has 0 spiro atoms. The first-order chi connectivity index (χ1) is 35.8. The molecule has 0 aromatic heterocycles. The van der Waals surface area contributed by atoms with Gasteiger partial charge in [0.2, 0.25) is 5.79 Å². The number of nitrogens with zero attached hydrogens (tertiary/aromatic N) is 1. The normalized spacial score (nSPS) is 37.8. The van der Waals surface area contributed by atoms with Crippen LogP contribution in [-0.2, 0) is 66.6 Å². The van der Waals surface area contributed by atoms with Crippen LogP contribution in [-0.4, -0.2) is 173 Å². The van der Waals surface area contributed by atoms with Crippen LogP contribution in [0, 0.1) is 35.5 Å². The first-order valence-electron chi connectivity index (χ1n) is 27.7. The van der Waals surface area contributed by atoms with E-state index in [-0.39, 0.29) is 79.9 Å². The van der Waals surface area contributed by atoms with Crippen molar-refractivity contribution < 1.29 is 76.8 Å². The fraction of sp³-hybridized carbons (Fsp3) is 0.776. The molecular formula is C58H91NO16. The second kappa shape index (κ2) is 30.6. The number of amides is 1. The Morgan fingerprint density at radius 3 is 2.20 bits per heavy atom. The number of rotatable bonds is 14. The molecule has 2 bridgehead atoms. The quantitative estimate of drug-likeness (QED) is 0.0808. The summed E-state index contributed by atoms with van der Waals surface area (Å²) in [5, 5.41) is 22.8. The number of cyclic esters (lactones) is 1. The summed E-state index contributed by atoms with van der Waals surface area (Å²) in [6, 6.07) is -1.15. The molecule has 15 atom stereocenters. The first-order valence-corrected chi connectivity index (χ1v) is 27.7. The number of carbonyl (C=O) groups excluding carboxylic acids is 5. The van der Waals surface area contributed by atoms with E-state index < -0.39 is 77.9 Å². The number of esters is 1. The maximum Gasteiger partial charge on any atom is 0.329 e. The lowest BCUT2D eigenvalue weighted by atomic mass is 9.78. The Kier molecular flexibility index (Phi) is 25.4. The van der Waals surface area contributed by atoms with Gasteiger partial charge in [-0.05, 0) is 107 Å². The van der Waals surface area contributed by atoms with Gasteiger partial charge >= 0.3 is 5.97 Å². The average Bonchev–Trinajstić information content (AvgIpc) is 3.37. The number of hydrogen-bond donors (Lipinski definition) is 2. The van der Waals surface area contributed by atoms with Crippen molar-refractivity contribution in [3.8, 4) is 0 Å². The third kappa shape index (κ3) is 17.8. The van der Waals surface area contributed by atoms with Gasteiger partial charge in [-0.15, -0.1) is 0 Å². The van der Waals surface area contributed by atoms with E-state index in [2.05, 4.69) is 0 Å². The highest BCUT2D eigenvalue weighted by molar-refractivity contribution is 6.39. The Morgan fingerprint density at radius 1 is 0.800 bits per heavy atom. The highest BCUT2D eigenvalue weighted by Gasteiger charge is 2.53. The lowest BCUT2D eigenvalue weighted by Gasteiger charge is -2.43. The number of ketones is 3. The molecule has 3 saturated heterocycles. The van der Waals surface area contributed by atoms with Crippen molar-refractivity contribution in [1.29, 1.82) is 0 Å². The number of fused-ring (bicyclic) bond motifs is 3. The number of aliphatic hydroxyl groups is 2. The van der Waals surface area contributed by atoms with Crippen LogP contribution in [0.5, 0.6) is 0 Å². The van der Waals surface area contributed by atoms with Crippen LogP contribution in [0.2, 0.25) is 0 Å². The summed E-state index contributed by atoms with van der Waals surface area (Å²) in [5.41, 5.74) is 1.49. The molecular weight excluding hydrogens is 967 g/mol. The fourth-order valence-corrected chi connectivity index (χ4v) is 11.3. The zero-order valence-electron chi connectivity index (χ0n) is 46.6. The van der Waals surface area contributed by atoms with E-state index in [9.17, 15) is 34.2 Å². The summed E-state index contributed by atoms with van der Waals surface area (Å²) < 4.78 is 53.0. The van der Waals surface area contributed by atoms with E-state index >= 15 is 0 Å². The average molecular weight is 1060 g/mol. The van der Waals surface area contributed by atoms with Gasteiger partial charge in [-0.25, -0.2) is 4.79 Å². The molecule has 5 aliphatic rings. The molecule has 75 heavy (non-hydrogen) atoms. The van der Waals surface area contributed by atoms with Crippen LogP contribution < -0.4 is 0 Å². The number of ether oxygens (including phenoxy) is 9. The lowest BCUT2D eigenvalue weighted by Crippen LogP contribution is -2.61. The SMILES string of the molecule is CO[C@@H]1/C(C)=C/[C@@H](C)C(=O)C[C@@H]([C@H](C)C[C@@H]2CC[C@@H](O)[C@H](OC)C2)OC(=O)[C@@H]2CCCCN2C(=O)C(=O)[C@]2(O)O[C@@H](CC[C@H]2C)CC(OCCOCCOC2COC2)/C(C)=C/C=C/C=C/[C@@H](C)C[C@@H](C)C(=O)[C@@H]1OC. The number of hydrogen-bond acceptors (Lipinski definition) is 16. The highest BCUT2D eigenvalue weighted by Crippen LogP contribution is 2.38. The van der Waals surface area contributed by atoms with Gasteiger partial charge in [0.25, 0.3) is 11.7 Å². The molecule has 4 aliphatic heterocycles. The van der Waals surface area contributed by atoms with E-state index in [0.29, 0.717) is 90.0 Å². The largest absolute Gasteiger partial charge is 0.460 e. The van der Waals surface area contributed by atoms with Crippen molar-refractivity contribution in [1.82, 2.24) is 4.90 Å². The molecule has 17 nitrogen and oxygen atoms in total. The third-order valence-electron chi connectivity index (χ3n) is 16.2. The summed E-state index contributed by atoms with van der Waals surface area (Å²) in [6.45, 7) is 15.7. The van der Waals surface area contributed by atoms with Crippen molar-refractivity contribution in [2.75, 3.05) is 67.5 Å². The monoisotopic (exact) mass is 1060 g/mol. The van der Waals surface area contributed by atoms with Gasteiger partial charge in [-0.2, -0.15) is 0 Å². The summed E-state index contributed by atoms with van der Waals surface area (Å²) in [5.74, 6) is -7.71. The molecule has 0 radical (unpaired) electrons. The predicted molar refractivity (Wildman–Crippen MR) is 280 cm³/mol. The Morgan fingerprint density at radius 2 is 1.52 bits per heavy atom. The zero-order chi connectivity index (χ0) is 54.8. The highest BCUT2D eigenvalue weighted by atomic mass is 16.6.